The minimum absolute atomic E-state index is 0.102. The lowest BCUT2D eigenvalue weighted by Gasteiger charge is -2.13. The maximum Gasteiger partial charge on any atom is 0.319 e. The minimum Gasteiger partial charge on any atom is -0.379 e. The molecule has 5 heteroatoms. The van der Waals surface area contributed by atoms with Gasteiger partial charge in [0.25, 0.3) is 0 Å². The second kappa shape index (κ2) is 6.94. The summed E-state index contributed by atoms with van der Waals surface area (Å²) < 4.78 is 5.22. The monoisotopic (exact) mass is 273 g/mol. The molecule has 2 rings (SSSR count). The van der Waals surface area contributed by atoms with Gasteiger partial charge in [0.2, 0.25) is 0 Å². The van der Waals surface area contributed by atoms with Gasteiger partial charge in [-0.15, -0.1) is 0 Å². The quantitative estimate of drug-likeness (QED) is 0.709. The highest BCUT2D eigenvalue weighted by atomic mass is 16.5. The molecule has 1 aromatic carbocycles. The Labute approximate surface area is 118 Å². The summed E-state index contributed by atoms with van der Waals surface area (Å²) >= 11 is 0. The maximum absolute atomic E-state index is 11.9. The number of nitrogens with two attached hydrogens (primary N) is 1. The molecule has 106 valence electrons. The highest BCUT2D eigenvalue weighted by molar-refractivity contribution is 5.90. The Morgan fingerprint density at radius 3 is 3.05 bits per heavy atom. The van der Waals surface area contributed by atoms with Crippen molar-refractivity contribution in [3.63, 3.8) is 0 Å². The first-order valence-corrected chi connectivity index (χ1v) is 6.64. The molecule has 2 amide bonds. The lowest BCUT2D eigenvalue weighted by Crippen LogP contribution is -2.38. The molecule has 0 spiro atoms. The number of rotatable bonds is 2. The van der Waals surface area contributed by atoms with Crippen LogP contribution in [0.1, 0.15) is 17.5 Å². The van der Waals surface area contributed by atoms with Gasteiger partial charge >= 0.3 is 6.03 Å². The molecule has 1 aliphatic heterocycles. The van der Waals surface area contributed by atoms with E-state index in [-0.39, 0.29) is 12.1 Å². The fourth-order valence-electron chi connectivity index (χ4n) is 2.03. The molecule has 1 unspecified atom stereocenters. The van der Waals surface area contributed by atoms with Crippen molar-refractivity contribution < 1.29 is 9.53 Å². The number of aryl methyl sites for hydroxylation is 1. The molecule has 0 saturated carbocycles. The van der Waals surface area contributed by atoms with Crippen LogP contribution in [0.5, 0.6) is 0 Å². The predicted octanol–water partition coefficient (Wildman–Crippen LogP) is 1.22. The van der Waals surface area contributed by atoms with E-state index in [0.717, 1.165) is 23.2 Å². The normalized spacial score (nSPS) is 17.2. The molecule has 1 atom stereocenters. The highest BCUT2D eigenvalue weighted by Gasteiger charge is 2.17. The smallest absolute Gasteiger partial charge is 0.319 e. The molecule has 1 aromatic rings. The van der Waals surface area contributed by atoms with Gasteiger partial charge in [0.05, 0.1) is 19.2 Å². The fourth-order valence-corrected chi connectivity index (χ4v) is 2.03. The number of hydrogen-bond donors (Lipinski definition) is 3. The number of benzene rings is 1. The number of hydrogen-bond acceptors (Lipinski definition) is 3. The fraction of sp³-hybridized carbons (Fsp3) is 0.400. The molecule has 1 saturated heterocycles. The first kappa shape index (κ1) is 14.4. The van der Waals surface area contributed by atoms with Crippen molar-refractivity contribution in [3.05, 3.63) is 29.3 Å². The van der Waals surface area contributed by atoms with Crippen LogP contribution < -0.4 is 16.4 Å². The van der Waals surface area contributed by atoms with Crippen LogP contribution >= 0.6 is 0 Å². The number of amides is 2. The number of urea groups is 1. The SMILES string of the molecule is Cc1cc(C#CCN)ccc1NC(=O)NC1CCOC1. The Morgan fingerprint density at radius 1 is 1.55 bits per heavy atom. The van der Waals surface area contributed by atoms with Gasteiger partial charge in [-0.2, -0.15) is 0 Å². The lowest BCUT2D eigenvalue weighted by atomic mass is 10.1. The molecule has 1 aliphatic rings. The predicted molar refractivity (Wildman–Crippen MR) is 78.5 cm³/mol. The largest absolute Gasteiger partial charge is 0.379 e. The summed E-state index contributed by atoms with van der Waals surface area (Å²) in [6.07, 6.45) is 0.861. The van der Waals surface area contributed by atoms with Crippen molar-refractivity contribution in [2.45, 2.75) is 19.4 Å². The lowest BCUT2D eigenvalue weighted by molar-refractivity contribution is 0.189. The van der Waals surface area contributed by atoms with Gasteiger partial charge < -0.3 is 21.1 Å². The van der Waals surface area contributed by atoms with Crippen LogP contribution in [0.4, 0.5) is 10.5 Å². The second-order valence-electron chi connectivity index (χ2n) is 4.69. The number of nitrogens with one attached hydrogen (secondary N) is 2. The second-order valence-corrected chi connectivity index (χ2v) is 4.69. The summed E-state index contributed by atoms with van der Waals surface area (Å²) in [5, 5.41) is 5.73. The molecule has 1 fully saturated rings. The molecule has 0 radical (unpaired) electrons. The Morgan fingerprint density at radius 2 is 2.40 bits per heavy atom. The van der Waals surface area contributed by atoms with Crippen LogP contribution in [-0.2, 0) is 4.74 Å². The Bertz CT molecular complexity index is 540. The molecule has 0 aliphatic carbocycles. The summed E-state index contributed by atoms with van der Waals surface area (Å²) in [6.45, 7) is 3.56. The van der Waals surface area contributed by atoms with E-state index in [9.17, 15) is 4.79 Å². The summed E-state index contributed by atoms with van der Waals surface area (Å²) in [4.78, 5) is 11.9. The standard InChI is InChI=1S/C15H19N3O2/c1-11-9-12(3-2-7-16)4-5-14(11)18-15(19)17-13-6-8-20-10-13/h4-5,9,13H,6-8,10,16H2,1H3,(H2,17,18,19). The van der Waals surface area contributed by atoms with E-state index in [0.29, 0.717) is 19.8 Å². The van der Waals surface area contributed by atoms with Crippen LogP contribution in [0.2, 0.25) is 0 Å². The van der Waals surface area contributed by atoms with Gasteiger partial charge in [-0.05, 0) is 37.1 Å². The van der Waals surface area contributed by atoms with E-state index in [4.69, 9.17) is 10.5 Å². The van der Waals surface area contributed by atoms with Crippen molar-refractivity contribution >= 4 is 11.7 Å². The number of anilines is 1. The van der Waals surface area contributed by atoms with Crippen molar-refractivity contribution in [3.8, 4) is 11.8 Å². The van der Waals surface area contributed by atoms with Gasteiger partial charge in [-0.25, -0.2) is 4.79 Å². The van der Waals surface area contributed by atoms with E-state index >= 15 is 0 Å². The maximum atomic E-state index is 11.9. The van der Waals surface area contributed by atoms with E-state index < -0.39 is 0 Å². The van der Waals surface area contributed by atoms with E-state index in [1.54, 1.807) is 0 Å². The summed E-state index contributed by atoms with van der Waals surface area (Å²) in [5.74, 6) is 5.77. The average molecular weight is 273 g/mol. The summed E-state index contributed by atoms with van der Waals surface area (Å²) in [6, 6.07) is 5.54. The zero-order chi connectivity index (χ0) is 14.4. The van der Waals surface area contributed by atoms with E-state index in [2.05, 4.69) is 22.5 Å². The van der Waals surface area contributed by atoms with Crippen molar-refractivity contribution in [2.75, 3.05) is 25.1 Å². The van der Waals surface area contributed by atoms with Gasteiger partial charge in [0.1, 0.15) is 0 Å². The molecule has 5 nitrogen and oxygen atoms in total. The van der Waals surface area contributed by atoms with Crippen LogP contribution in [-0.4, -0.2) is 31.8 Å². The topological polar surface area (TPSA) is 76.4 Å². The average Bonchev–Trinajstić information content (AvgIpc) is 2.92. The third-order valence-corrected chi connectivity index (χ3v) is 3.07. The molecule has 4 N–H and O–H groups in total. The zero-order valence-corrected chi connectivity index (χ0v) is 11.5. The van der Waals surface area contributed by atoms with E-state index in [1.165, 1.54) is 0 Å². The molecule has 1 heterocycles. The Hall–Kier alpha value is -2.03. The van der Waals surface area contributed by atoms with Crippen LogP contribution in [0, 0.1) is 18.8 Å². The van der Waals surface area contributed by atoms with Gasteiger partial charge in [-0.3, -0.25) is 0 Å². The number of carbonyl (C=O) groups is 1. The highest BCUT2D eigenvalue weighted by Crippen LogP contribution is 2.16. The Balaban J connectivity index is 1.96. The molecule has 20 heavy (non-hydrogen) atoms. The summed E-state index contributed by atoms with van der Waals surface area (Å²) in [7, 11) is 0. The molecular formula is C15H19N3O2. The molecule has 0 aromatic heterocycles. The summed E-state index contributed by atoms with van der Waals surface area (Å²) in [5.41, 5.74) is 7.97. The van der Waals surface area contributed by atoms with Crippen LogP contribution in [0.3, 0.4) is 0 Å². The number of ether oxygens (including phenoxy) is 1. The molecular weight excluding hydrogens is 254 g/mol. The van der Waals surface area contributed by atoms with Gasteiger partial charge in [0, 0.05) is 17.9 Å². The van der Waals surface area contributed by atoms with Gasteiger partial charge in [0.15, 0.2) is 0 Å². The molecule has 0 bridgehead atoms. The van der Waals surface area contributed by atoms with Crippen molar-refractivity contribution in [1.82, 2.24) is 5.32 Å². The Kier molecular flexibility index (Phi) is 4.99. The third kappa shape index (κ3) is 3.98. The van der Waals surface area contributed by atoms with Crippen molar-refractivity contribution in [1.29, 1.82) is 0 Å². The third-order valence-electron chi connectivity index (χ3n) is 3.07. The number of carbonyl (C=O) groups excluding carboxylic acids is 1. The van der Waals surface area contributed by atoms with Crippen LogP contribution in [0.15, 0.2) is 18.2 Å². The van der Waals surface area contributed by atoms with Crippen molar-refractivity contribution in [2.24, 2.45) is 5.73 Å². The zero-order valence-electron chi connectivity index (χ0n) is 11.5. The van der Waals surface area contributed by atoms with Gasteiger partial charge in [-0.1, -0.05) is 11.8 Å². The van der Waals surface area contributed by atoms with Crippen LogP contribution in [0.25, 0.3) is 0 Å². The first-order chi connectivity index (χ1) is 9.69. The minimum atomic E-state index is -0.204. The first-order valence-electron chi connectivity index (χ1n) is 6.64. The van der Waals surface area contributed by atoms with E-state index in [1.807, 2.05) is 25.1 Å².